The first-order valence-corrected chi connectivity index (χ1v) is 10.7. The van der Waals surface area contributed by atoms with E-state index in [1.54, 1.807) is 11.3 Å². The number of carbonyl (C=O) groups excluding carboxylic acids is 1. The number of rotatable bonds is 4. The van der Waals surface area contributed by atoms with Crippen LogP contribution in [0, 0.1) is 19.8 Å². The molecule has 144 valence electrons. The van der Waals surface area contributed by atoms with E-state index < -0.39 is 0 Å². The van der Waals surface area contributed by atoms with Gasteiger partial charge < -0.3 is 10.2 Å². The summed E-state index contributed by atoms with van der Waals surface area (Å²) >= 11 is 1.61. The zero-order valence-corrected chi connectivity index (χ0v) is 16.9. The Labute approximate surface area is 164 Å². The predicted molar refractivity (Wildman–Crippen MR) is 107 cm³/mol. The lowest BCUT2D eigenvalue weighted by Gasteiger charge is -2.26. The van der Waals surface area contributed by atoms with Gasteiger partial charge in [0.2, 0.25) is 5.91 Å². The maximum absolute atomic E-state index is 12.8. The van der Waals surface area contributed by atoms with Crippen molar-refractivity contribution in [1.82, 2.24) is 19.9 Å². The number of nitrogens with one attached hydrogen (secondary N) is 1. The molecule has 1 aliphatic heterocycles. The van der Waals surface area contributed by atoms with Gasteiger partial charge in [0.1, 0.15) is 11.6 Å². The number of hydrogen-bond donors (Lipinski definition) is 1. The van der Waals surface area contributed by atoms with Gasteiger partial charge in [0.05, 0.1) is 0 Å². The highest BCUT2D eigenvalue weighted by Gasteiger charge is 2.33. The van der Waals surface area contributed by atoms with Crippen LogP contribution >= 0.6 is 11.3 Å². The number of amides is 1. The molecule has 0 aromatic carbocycles. The van der Waals surface area contributed by atoms with Gasteiger partial charge in [-0.25, -0.2) is 15.0 Å². The smallest absolute Gasteiger partial charge is 0.225 e. The second-order valence-corrected chi connectivity index (χ2v) is 8.99. The number of aromatic nitrogens is 3. The third-order valence-corrected chi connectivity index (χ3v) is 6.38. The first kappa shape index (κ1) is 18.3. The van der Waals surface area contributed by atoms with E-state index in [0.29, 0.717) is 5.91 Å². The van der Waals surface area contributed by atoms with Crippen molar-refractivity contribution in [2.45, 2.75) is 58.3 Å². The number of carbonyl (C=O) groups is 1. The van der Waals surface area contributed by atoms with Crippen LogP contribution in [-0.4, -0.2) is 38.8 Å². The molecule has 7 heteroatoms. The van der Waals surface area contributed by atoms with Crippen molar-refractivity contribution in [1.29, 1.82) is 0 Å². The van der Waals surface area contributed by atoms with Crippen LogP contribution in [0.1, 0.15) is 60.8 Å². The number of likely N-dealkylation sites (tertiary alicyclic amines) is 1. The molecule has 2 aromatic rings. The Hall–Kier alpha value is -2.02. The van der Waals surface area contributed by atoms with Crippen molar-refractivity contribution in [3.63, 3.8) is 0 Å². The van der Waals surface area contributed by atoms with Crippen LogP contribution in [0.3, 0.4) is 0 Å². The van der Waals surface area contributed by atoms with E-state index in [1.165, 1.54) is 19.3 Å². The van der Waals surface area contributed by atoms with Gasteiger partial charge in [-0.2, -0.15) is 0 Å². The van der Waals surface area contributed by atoms with Gasteiger partial charge in [-0.05, 0) is 33.1 Å². The zero-order chi connectivity index (χ0) is 18.8. The molecule has 0 spiro atoms. The fourth-order valence-corrected chi connectivity index (χ4v) is 4.81. The topological polar surface area (TPSA) is 71.0 Å². The van der Waals surface area contributed by atoms with Crippen molar-refractivity contribution < 1.29 is 4.79 Å². The summed E-state index contributed by atoms with van der Waals surface area (Å²) in [6, 6.07) is 1.94. The summed E-state index contributed by atoms with van der Waals surface area (Å²) in [4.78, 5) is 29.8. The summed E-state index contributed by atoms with van der Waals surface area (Å²) < 4.78 is 0. The summed E-state index contributed by atoms with van der Waals surface area (Å²) in [7, 11) is 0. The second kappa shape index (κ2) is 7.92. The van der Waals surface area contributed by atoms with Gasteiger partial charge in [0.25, 0.3) is 0 Å². The van der Waals surface area contributed by atoms with Crippen LogP contribution in [0.25, 0.3) is 0 Å². The molecule has 1 unspecified atom stereocenters. The minimum atomic E-state index is 0.219. The van der Waals surface area contributed by atoms with Gasteiger partial charge in [-0.1, -0.05) is 19.3 Å². The maximum atomic E-state index is 12.8. The maximum Gasteiger partial charge on any atom is 0.225 e. The Morgan fingerprint density at radius 2 is 2.00 bits per heavy atom. The van der Waals surface area contributed by atoms with Gasteiger partial charge in [-0.15, -0.1) is 11.3 Å². The van der Waals surface area contributed by atoms with E-state index in [1.807, 2.05) is 31.0 Å². The van der Waals surface area contributed by atoms with Gasteiger partial charge >= 0.3 is 0 Å². The quantitative estimate of drug-likeness (QED) is 0.854. The zero-order valence-electron chi connectivity index (χ0n) is 16.1. The molecular formula is C20H27N5OS. The molecule has 1 aliphatic carbocycles. The van der Waals surface area contributed by atoms with Crippen LogP contribution in [0.4, 0.5) is 10.9 Å². The Morgan fingerprint density at radius 3 is 2.74 bits per heavy atom. The summed E-state index contributed by atoms with van der Waals surface area (Å²) in [5, 5.41) is 4.14. The monoisotopic (exact) mass is 385 g/mol. The molecule has 2 fully saturated rings. The number of nitrogens with zero attached hydrogens (tertiary/aromatic N) is 4. The standard InChI is InChI=1S/C20H27N5OS/c1-13-10-17(24-20-21-11-14(2)27-20)23-18(22-13)16-8-9-25(12-16)19(26)15-6-4-3-5-7-15/h10-11,15-16H,3-9,12H2,1-2H3,(H,21,22,23,24). The normalized spacial score (nSPS) is 20.8. The average molecular weight is 386 g/mol. The van der Waals surface area contributed by atoms with Crippen molar-refractivity contribution in [3.8, 4) is 0 Å². The molecule has 1 amide bonds. The molecule has 1 saturated carbocycles. The van der Waals surface area contributed by atoms with Crippen molar-refractivity contribution in [3.05, 3.63) is 28.7 Å². The van der Waals surface area contributed by atoms with Crippen molar-refractivity contribution in [2.24, 2.45) is 5.92 Å². The molecule has 4 rings (SSSR count). The molecule has 1 atom stereocenters. The SMILES string of the molecule is Cc1cc(Nc2ncc(C)s2)nc(C2CCN(C(=O)C3CCCCC3)C2)n1. The van der Waals surface area contributed by atoms with Gasteiger partial charge in [0, 0.05) is 47.8 Å². The van der Waals surface area contributed by atoms with Crippen molar-refractivity contribution >= 4 is 28.2 Å². The van der Waals surface area contributed by atoms with E-state index in [9.17, 15) is 4.79 Å². The number of thiazole rings is 1. The van der Waals surface area contributed by atoms with Gasteiger partial charge in [-0.3, -0.25) is 4.79 Å². The molecule has 1 saturated heterocycles. The van der Waals surface area contributed by atoms with E-state index in [0.717, 1.165) is 59.7 Å². The molecule has 0 radical (unpaired) electrons. The second-order valence-electron chi connectivity index (χ2n) is 7.76. The lowest BCUT2D eigenvalue weighted by atomic mass is 9.88. The Balaban J connectivity index is 1.44. The summed E-state index contributed by atoms with van der Waals surface area (Å²) in [6.45, 7) is 5.60. The molecule has 0 bridgehead atoms. The van der Waals surface area contributed by atoms with Gasteiger partial charge in [0.15, 0.2) is 5.13 Å². The summed E-state index contributed by atoms with van der Waals surface area (Å²) in [5.41, 5.74) is 0.938. The first-order valence-electron chi connectivity index (χ1n) is 9.92. The molecule has 1 N–H and O–H groups in total. The summed E-state index contributed by atoms with van der Waals surface area (Å²) in [6.07, 6.45) is 8.58. The molecular weight excluding hydrogens is 358 g/mol. The van der Waals surface area contributed by atoms with Crippen LogP contribution in [-0.2, 0) is 4.79 Å². The van der Waals surface area contributed by atoms with Crippen LogP contribution < -0.4 is 5.32 Å². The number of hydrogen-bond acceptors (Lipinski definition) is 6. The van der Waals surface area contributed by atoms with E-state index in [4.69, 9.17) is 4.98 Å². The Morgan fingerprint density at radius 1 is 1.19 bits per heavy atom. The summed E-state index contributed by atoms with van der Waals surface area (Å²) in [5.74, 6) is 2.42. The highest BCUT2D eigenvalue weighted by atomic mass is 32.1. The highest BCUT2D eigenvalue weighted by molar-refractivity contribution is 7.15. The molecule has 2 aliphatic rings. The number of anilines is 2. The lowest BCUT2D eigenvalue weighted by Crippen LogP contribution is -2.35. The minimum absolute atomic E-state index is 0.219. The van der Waals surface area contributed by atoms with E-state index in [2.05, 4.69) is 15.3 Å². The van der Waals surface area contributed by atoms with E-state index in [-0.39, 0.29) is 11.8 Å². The third kappa shape index (κ3) is 4.29. The molecule has 3 heterocycles. The minimum Gasteiger partial charge on any atom is -0.342 e. The van der Waals surface area contributed by atoms with Crippen molar-refractivity contribution in [2.75, 3.05) is 18.4 Å². The molecule has 2 aromatic heterocycles. The Bertz CT molecular complexity index is 814. The third-order valence-electron chi connectivity index (χ3n) is 5.55. The van der Waals surface area contributed by atoms with Crippen LogP contribution in [0.2, 0.25) is 0 Å². The predicted octanol–water partition coefficient (Wildman–Crippen LogP) is 4.19. The molecule has 6 nitrogen and oxygen atoms in total. The highest BCUT2D eigenvalue weighted by Crippen LogP contribution is 2.31. The van der Waals surface area contributed by atoms with E-state index >= 15 is 0 Å². The average Bonchev–Trinajstić information content (AvgIpc) is 3.31. The fourth-order valence-electron chi connectivity index (χ4n) is 4.14. The molecule has 27 heavy (non-hydrogen) atoms. The lowest BCUT2D eigenvalue weighted by molar-refractivity contribution is -0.135. The fraction of sp³-hybridized carbons (Fsp3) is 0.600. The largest absolute Gasteiger partial charge is 0.342 e. The number of aryl methyl sites for hydroxylation is 2. The van der Waals surface area contributed by atoms with Crippen LogP contribution in [0.15, 0.2) is 12.3 Å². The first-order chi connectivity index (χ1) is 13.1. The Kier molecular flexibility index (Phi) is 5.38. The van der Waals surface area contributed by atoms with Crippen LogP contribution in [0.5, 0.6) is 0 Å².